The molecule has 0 fully saturated rings. The lowest BCUT2D eigenvalue weighted by molar-refractivity contribution is -0.192. The summed E-state index contributed by atoms with van der Waals surface area (Å²) in [6.45, 7) is 0.789. The number of nitrogens with two attached hydrogens (primary N) is 2. The Balaban J connectivity index is 0.000000900. The van der Waals surface area contributed by atoms with Crippen LogP contribution < -0.4 is 30.2 Å². The number of nitrogens with one attached hydrogen (secondary N) is 1. The van der Waals surface area contributed by atoms with Gasteiger partial charge in [-0.05, 0) is 24.6 Å². The van der Waals surface area contributed by atoms with Crippen molar-refractivity contribution in [3.05, 3.63) is 46.8 Å². The third kappa shape index (κ3) is 9.43. The Bertz CT molecular complexity index is 1760. The zero-order valence-corrected chi connectivity index (χ0v) is 25.2. The van der Waals surface area contributed by atoms with Crippen LogP contribution in [-0.4, -0.2) is 63.2 Å². The second-order valence-corrected chi connectivity index (χ2v) is 13.1. The molecule has 0 saturated heterocycles. The molecule has 0 aliphatic heterocycles. The van der Waals surface area contributed by atoms with Gasteiger partial charge in [0.15, 0.2) is 11.6 Å². The van der Waals surface area contributed by atoms with E-state index < -0.39 is 85.0 Å². The number of alkyl halides is 3. The SMILES string of the molecule is Cc1c(S(=O)(=O)NCP(=O)(O)Oc2ccc(C#N)c(F)c2)sc2c(F)c(OCCN)c(OCCN)c(F)c12.O=C(O)C(F)(F)F. The minimum absolute atomic E-state index is 0.0269. The van der Waals surface area contributed by atoms with Crippen LogP contribution in [-0.2, 0) is 19.4 Å². The molecule has 0 amide bonds. The molecular formula is C23H23F6N4O9PS2. The maximum absolute atomic E-state index is 15.4. The lowest BCUT2D eigenvalue weighted by Gasteiger charge is -2.15. The molecule has 0 aliphatic carbocycles. The summed E-state index contributed by atoms with van der Waals surface area (Å²) >= 11 is 0.363. The molecule has 22 heteroatoms. The van der Waals surface area contributed by atoms with Crippen LogP contribution in [0.5, 0.6) is 17.2 Å². The molecule has 1 unspecified atom stereocenters. The number of hydrogen-bond donors (Lipinski definition) is 5. The summed E-state index contributed by atoms with van der Waals surface area (Å²) in [5.74, 6) is -7.58. The average molecular weight is 709 g/mol. The Morgan fingerprint density at radius 2 is 1.64 bits per heavy atom. The zero-order chi connectivity index (χ0) is 34.3. The van der Waals surface area contributed by atoms with Gasteiger partial charge in [0, 0.05) is 24.5 Å². The lowest BCUT2D eigenvalue weighted by atomic mass is 10.1. The first-order valence-corrected chi connectivity index (χ1v) is 16.0. The maximum Gasteiger partial charge on any atom is 0.490 e. The van der Waals surface area contributed by atoms with E-state index in [0.717, 1.165) is 12.1 Å². The number of fused-ring (bicyclic) bond motifs is 1. The van der Waals surface area contributed by atoms with Gasteiger partial charge in [-0.3, -0.25) is 0 Å². The Morgan fingerprint density at radius 1 is 1.11 bits per heavy atom. The van der Waals surface area contributed by atoms with Gasteiger partial charge in [-0.1, -0.05) is 0 Å². The number of nitrogens with zero attached hydrogens (tertiary/aromatic N) is 1. The highest BCUT2D eigenvalue weighted by atomic mass is 32.2. The number of ether oxygens (including phenoxy) is 2. The van der Waals surface area contributed by atoms with Gasteiger partial charge in [0.25, 0.3) is 10.0 Å². The molecule has 1 atom stereocenters. The van der Waals surface area contributed by atoms with Crippen molar-refractivity contribution >= 4 is 45.0 Å². The Morgan fingerprint density at radius 3 is 2.11 bits per heavy atom. The van der Waals surface area contributed by atoms with Gasteiger partial charge < -0.3 is 35.5 Å². The van der Waals surface area contributed by atoms with Gasteiger partial charge >= 0.3 is 19.7 Å². The van der Waals surface area contributed by atoms with Crippen molar-refractivity contribution in [2.24, 2.45) is 11.5 Å². The second-order valence-electron chi connectivity index (χ2n) is 8.37. The average Bonchev–Trinajstić information content (AvgIpc) is 3.31. The van der Waals surface area contributed by atoms with E-state index >= 15 is 8.78 Å². The first-order valence-electron chi connectivity index (χ1n) is 11.9. The first-order chi connectivity index (χ1) is 20.8. The van der Waals surface area contributed by atoms with Gasteiger partial charge in [0.1, 0.15) is 41.3 Å². The van der Waals surface area contributed by atoms with Gasteiger partial charge in [-0.2, -0.15) is 23.2 Å². The van der Waals surface area contributed by atoms with Crippen molar-refractivity contribution in [2.45, 2.75) is 17.3 Å². The van der Waals surface area contributed by atoms with Crippen molar-refractivity contribution in [1.29, 1.82) is 5.26 Å². The van der Waals surface area contributed by atoms with Crippen LogP contribution in [0.1, 0.15) is 11.1 Å². The number of aryl methyl sites for hydroxylation is 1. The molecule has 0 spiro atoms. The predicted octanol–water partition coefficient (Wildman–Crippen LogP) is 3.31. The summed E-state index contributed by atoms with van der Waals surface area (Å²) < 4.78 is 131. The van der Waals surface area contributed by atoms with E-state index in [0.29, 0.717) is 17.4 Å². The fourth-order valence-electron chi connectivity index (χ4n) is 3.24. The van der Waals surface area contributed by atoms with Gasteiger partial charge in [0.2, 0.25) is 11.5 Å². The third-order valence-electron chi connectivity index (χ3n) is 5.11. The molecule has 3 rings (SSSR count). The Labute approximate surface area is 254 Å². The van der Waals surface area contributed by atoms with E-state index in [1.54, 1.807) is 6.07 Å². The highest BCUT2D eigenvalue weighted by Gasteiger charge is 2.38. The minimum Gasteiger partial charge on any atom is -0.486 e. The van der Waals surface area contributed by atoms with Crippen LogP contribution in [0.15, 0.2) is 22.4 Å². The second kappa shape index (κ2) is 15.1. The number of halogens is 6. The van der Waals surface area contributed by atoms with Gasteiger partial charge in [-0.25, -0.2) is 30.9 Å². The first kappa shape index (κ1) is 37.5. The molecule has 45 heavy (non-hydrogen) atoms. The van der Waals surface area contributed by atoms with Gasteiger partial charge in [0.05, 0.1) is 10.3 Å². The monoisotopic (exact) mass is 708 g/mol. The summed E-state index contributed by atoms with van der Waals surface area (Å²) in [6, 6.07) is 4.31. The lowest BCUT2D eigenvalue weighted by Crippen LogP contribution is -2.25. The molecule has 3 aromatic rings. The molecule has 0 aliphatic rings. The smallest absolute Gasteiger partial charge is 0.486 e. The zero-order valence-electron chi connectivity index (χ0n) is 22.7. The molecule has 248 valence electrons. The number of thiophene rings is 1. The number of carbonyl (C=O) groups is 1. The summed E-state index contributed by atoms with van der Waals surface area (Å²) in [6.07, 6.45) is -6.24. The Hall–Kier alpha value is -3.64. The summed E-state index contributed by atoms with van der Waals surface area (Å²) in [5, 5.41) is 15.5. The Kier molecular flexibility index (Phi) is 12.6. The maximum atomic E-state index is 15.4. The molecule has 2 aromatic carbocycles. The molecule has 13 nitrogen and oxygen atoms in total. The predicted molar refractivity (Wildman–Crippen MR) is 146 cm³/mol. The number of sulfonamides is 1. The number of carboxylic acids is 1. The van der Waals surface area contributed by atoms with Crippen LogP contribution in [0.4, 0.5) is 26.3 Å². The number of hydrogen-bond acceptors (Lipinski definition) is 11. The van der Waals surface area contributed by atoms with Crippen LogP contribution in [0.25, 0.3) is 10.1 Å². The number of nitriles is 1. The number of benzene rings is 2. The van der Waals surface area contributed by atoms with Crippen molar-refractivity contribution in [3.63, 3.8) is 0 Å². The standard InChI is InChI=1S/C21H22F3N4O7PS2.C2HF3O2/c1-11-15-16(23)18(33-6-4-25)19(34-7-5-26)17(24)20(15)37-21(11)38(31,32)28-10-36(29,30)35-13-3-2-12(9-27)14(22)8-13;3-2(4,5)1(6)7/h2-3,8,28H,4-7,10,25-26H2,1H3,(H,29,30);(H,6,7). The fourth-order valence-corrected chi connectivity index (χ4v) is 7.55. The van der Waals surface area contributed by atoms with Crippen LogP contribution in [0.2, 0.25) is 0 Å². The number of aliphatic carboxylic acids is 1. The van der Waals surface area contributed by atoms with E-state index in [2.05, 4.69) is 0 Å². The third-order valence-corrected chi connectivity index (χ3v) is 9.68. The molecule has 0 saturated carbocycles. The summed E-state index contributed by atoms with van der Waals surface area (Å²) in [7, 11) is -9.34. The van der Waals surface area contributed by atoms with E-state index in [1.807, 2.05) is 4.72 Å². The highest BCUT2D eigenvalue weighted by Crippen LogP contribution is 2.47. The molecular weight excluding hydrogens is 685 g/mol. The number of rotatable bonds is 12. The van der Waals surface area contributed by atoms with Crippen molar-refractivity contribution < 1.29 is 68.1 Å². The molecule has 0 bridgehead atoms. The highest BCUT2D eigenvalue weighted by molar-refractivity contribution is 7.92. The van der Waals surface area contributed by atoms with Crippen molar-refractivity contribution in [2.75, 3.05) is 32.6 Å². The fraction of sp³-hybridized carbons (Fsp3) is 0.304. The molecule has 1 heterocycles. The van der Waals surface area contributed by atoms with Crippen molar-refractivity contribution in [1.82, 2.24) is 4.72 Å². The normalized spacial score (nSPS) is 12.9. The summed E-state index contributed by atoms with van der Waals surface area (Å²) in [5.41, 5.74) is 10.2. The molecule has 0 radical (unpaired) electrons. The van der Waals surface area contributed by atoms with Crippen molar-refractivity contribution in [3.8, 4) is 23.3 Å². The van der Waals surface area contributed by atoms with Gasteiger partial charge in [-0.15, -0.1) is 11.3 Å². The van der Waals surface area contributed by atoms with Crippen LogP contribution >= 0.6 is 18.9 Å². The summed E-state index contributed by atoms with van der Waals surface area (Å²) in [4.78, 5) is 19.0. The van der Waals surface area contributed by atoms with E-state index in [4.69, 9.17) is 40.6 Å². The molecule has 7 N–H and O–H groups in total. The molecule has 1 aromatic heterocycles. The minimum atomic E-state index is -5.08. The van der Waals surface area contributed by atoms with Crippen LogP contribution in [0.3, 0.4) is 0 Å². The number of carboxylic acid groups (broad SMARTS) is 1. The largest absolute Gasteiger partial charge is 0.490 e. The quantitative estimate of drug-likeness (QED) is 0.135. The van der Waals surface area contributed by atoms with E-state index in [-0.39, 0.29) is 37.4 Å². The van der Waals surface area contributed by atoms with Crippen LogP contribution in [0, 0.1) is 35.7 Å². The topological polar surface area (TPSA) is 224 Å². The van der Waals surface area contributed by atoms with E-state index in [9.17, 15) is 35.4 Å². The van der Waals surface area contributed by atoms with E-state index in [1.165, 1.54) is 6.92 Å².